The summed E-state index contributed by atoms with van der Waals surface area (Å²) in [6.45, 7) is 7.53. The third kappa shape index (κ3) is 4.11. The van der Waals surface area contributed by atoms with E-state index < -0.39 is 0 Å². The number of nitriles is 1. The van der Waals surface area contributed by atoms with E-state index in [2.05, 4.69) is 13.8 Å². The molecular weight excluding hydrogens is 344 g/mol. The topological polar surface area (TPSA) is 76.9 Å². The largest absolute Gasteiger partial charge is 0.376 e. The lowest BCUT2D eigenvalue weighted by Gasteiger charge is -2.37. The molecule has 3 amide bonds. The standard InChI is InChI=1S/C20H30N4O3/c1-15(2)20(27-3)6-7-24(14-20)19(26)23-10-8-22(9-11-23)18(25)17(13-21)12-16-4-5-16/h12,15-16H,4-11,14H2,1-3H3/b17-12+. The third-order valence-electron chi connectivity index (χ3n) is 6.21. The van der Waals surface area contributed by atoms with Gasteiger partial charge in [0.1, 0.15) is 11.6 Å². The van der Waals surface area contributed by atoms with Crippen molar-refractivity contribution in [2.75, 3.05) is 46.4 Å². The summed E-state index contributed by atoms with van der Waals surface area (Å²) >= 11 is 0. The lowest BCUT2D eigenvalue weighted by molar-refractivity contribution is -0.128. The molecule has 3 aliphatic rings. The molecule has 2 saturated heterocycles. The molecule has 1 atom stereocenters. The zero-order valence-corrected chi connectivity index (χ0v) is 16.6. The molecule has 7 nitrogen and oxygen atoms in total. The van der Waals surface area contributed by atoms with Crippen LogP contribution in [0.25, 0.3) is 0 Å². The van der Waals surface area contributed by atoms with Crippen LogP contribution in [0.15, 0.2) is 11.6 Å². The molecule has 1 aliphatic carbocycles. The van der Waals surface area contributed by atoms with Gasteiger partial charge in [-0.3, -0.25) is 4.79 Å². The molecule has 27 heavy (non-hydrogen) atoms. The Labute approximate surface area is 161 Å². The Morgan fingerprint density at radius 2 is 1.74 bits per heavy atom. The van der Waals surface area contributed by atoms with E-state index in [4.69, 9.17) is 4.74 Å². The monoisotopic (exact) mass is 374 g/mol. The molecule has 1 saturated carbocycles. The number of nitrogens with zero attached hydrogens (tertiary/aromatic N) is 4. The molecule has 2 heterocycles. The number of hydrogen-bond donors (Lipinski definition) is 0. The number of methoxy groups -OCH3 is 1. The van der Waals surface area contributed by atoms with E-state index in [0.717, 1.165) is 19.3 Å². The first-order chi connectivity index (χ1) is 12.9. The van der Waals surface area contributed by atoms with Crippen LogP contribution in [0.5, 0.6) is 0 Å². The lowest BCUT2D eigenvalue weighted by atomic mass is 9.89. The maximum atomic E-state index is 12.9. The van der Waals surface area contributed by atoms with E-state index in [1.54, 1.807) is 18.1 Å². The van der Waals surface area contributed by atoms with E-state index in [-0.39, 0.29) is 23.1 Å². The average molecular weight is 374 g/mol. The number of allylic oxidation sites excluding steroid dienone is 1. The SMILES string of the molecule is COC1(C(C)C)CCN(C(=O)N2CCN(C(=O)/C(C#N)=C/C3CC3)CC2)C1. The fraction of sp³-hybridized carbons (Fsp3) is 0.750. The maximum absolute atomic E-state index is 12.9. The molecule has 148 valence electrons. The van der Waals surface area contributed by atoms with E-state index in [1.807, 2.05) is 15.9 Å². The summed E-state index contributed by atoms with van der Waals surface area (Å²) in [5.41, 5.74) is -0.0124. The molecule has 0 aromatic carbocycles. The van der Waals surface area contributed by atoms with Crippen molar-refractivity contribution in [2.45, 2.75) is 38.7 Å². The minimum atomic E-state index is -0.261. The number of urea groups is 1. The van der Waals surface area contributed by atoms with E-state index in [0.29, 0.717) is 51.1 Å². The van der Waals surface area contributed by atoms with E-state index >= 15 is 0 Å². The van der Waals surface area contributed by atoms with Gasteiger partial charge in [0.25, 0.3) is 5.91 Å². The Bertz CT molecular complexity index is 657. The van der Waals surface area contributed by atoms with Gasteiger partial charge in [0.15, 0.2) is 0 Å². The summed E-state index contributed by atoms with van der Waals surface area (Å²) in [5, 5.41) is 9.26. The normalized spacial score (nSPS) is 26.5. The van der Waals surface area contributed by atoms with Gasteiger partial charge in [0.05, 0.1) is 12.1 Å². The number of amides is 3. The van der Waals surface area contributed by atoms with Crippen LogP contribution in [0.4, 0.5) is 4.79 Å². The van der Waals surface area contributed by atoms with Gasteiger partial charge < -0.3 is 19.4 Å². The number of carbonyl (C=O) groups is 2. The van der Waals surface area contributed by atoms with Crippen LogP contribution in [0, 0.1) is 23.2 Å². The third-order valence-corrected chi connectivity index (χ3v) is 6.21. The minimum Gasteiger partial charge on any atom is -0.376 e. The van der Waals surface area contributed by atoms with Gasteiger partial charge >= 0.3 is 6.03 Å². The highest BCUT2D eigenvalue weighted by Gasteiger charge is 2.43. The van der Waals surface area contributed by atoms with Crippen molar-refractivity contribution < 1.29 is 14.3 Å². The second-order valence-corrected chi connectivity index (χ2v) is 8.19. The van der Waals surface area contributed by atoms with E-state index in [1.165, 1.54) is 0 Å². The molecule has 0 aromatic heterocycles. The van der Waals surface area contributed by atoms with Crippen molar-refractivity contribution in [1.29, 1.82) is 5.26 Å². The van der Waals surface area contributed by atoms with Gasteiger partial charge in [-0.25, -0.2) is 4.79 Å². The predicted octanol–water partition coefficient (Wildman–Crippen LogP) is 1.86. The summed E-state index contributed by atoms with van der Waals surface area (Å²) in [6, 6.07) is 2.07. The number of carbonyl (C=O) groups excluding carboxylic acids is 2. The van der Waals surface area contributed by atoms with Crippen molar-refractivity contribution in [3.8, 4) is 6.07 Å². The molecule has 0 N–H and O–H groups in total. The van der Waals surface area contributed by atoms with Gasteiger partial charge in [-0.1, -0.05) is 19.9 Å². The second-order valence-electron chi connectivity index (χ2n) is 8.19. The summed E-state index contributed by atoms with van der Waals surface area (Å²) in [5.74, 6) is 0.539. The predicted molar refractivity (Wildman–Crippen MR) is 101 cm³/mol. The molecule has 0 radical (unpaired) electrons. The van der Waals surface area contributed by atoms with Gasteiger partial charge in [0, 0.05) is 39.8 Å². The fourth-order valence-electron chi connectivity index (χ4n) is 3.97. The molecule has 3 fully saturated rings. The zero-order chi connectivity index (χ0) is 19.6. The number of rotatable bonds is 4. The molecule has 2 aliphatic heterocycles. The molecule has 0 aromatic rings. The van der Waals surface area contributed by atoms with Crippen LogP contribution in [0.3, 0.4) is 0 Å². The fourth-order valence-corrected chi connectivity index (χ4v) is 3.97. The Hall–Kier alpha value is -2.07. The first kappa shape index (κ1) is 19.7. The van der Waals surface area contributed by atoms with Crippen LogP contribution in [-0.2, 0) is 9.53 Å². The first-order valence-electron chi connectivity index (χ1n) is 9.90. The molecule has 7 heteroatoms. The second kappa shape index (κ2) is 7.89. The maximum Gasteiger partial charge on any atom is 0.320 e. The Morgan fingerprint density at radius 3 is 2.22 bits per heavy atom. The summed E-state index contributed by atoms with van der Waals surface area (Å²) in [6.07, 6.45) is 4.79. The zero-order valence-electron chi connectivity index (χ0n) is 16.6. The quantitative estimate of drug-likeness (QED) is 0.556. The Kier molecular flexibility index (Phi) is 5.75. The summed E-state index contributed by atoms with van der Waals surface area (Å²) in [4.78, 5) is 30.8. The van der Waals surface area contributed by atoms with Crippen LogP contribution in [0.1, 0.15) is 33.1 Å². The lowest BCUT2D eigenvalue weighted by Crippen LogP contribution is -2.54. The van der Waals surface area contributed by atoms with Gasteiger partial charge in [-0.15, -0.1) is 0 Å². The minimum absolute atomic E-state index is 0.0238. The van der Waals surface area contributed by atoms with Crippen LogP contribution < -0.4 is 0 Å². The number of likely N-dealkylation sites (tertiary alicyclic amines) is 1. The molecule has 0 spiro atoms. The highest BCUT2D eigenvalue weighted by molar-refractivity contribution is 5.97. The summed E-state index contributed by atoms with van der Waals surface area (Å²) < 4.78 is 5.75. The molecule has 1 unspecified atom stereocenters. The van der Waals surface area contributed by atoms with Gasteiger partial charge in [-0.05, 0) is 31.1 Å². The first-order valence-corrected chi connectivity index (χ1v) is 9.90. The highest BCUT2D eigenvalue weighted by Crippen LogP contribution is 2.33. The molecule has 0 bridgehead atoms. The van der Waals surface area contributed by atoms with Crippen molar-refractivity contribution in [3.05, 3.63) is 11.6 Å². The van der Waals surface area contributed by atoms with Gasteiger partial charge in [-0.2, -0.15) is 5.26 Å². The van der Waals surface area contributed by atoms with Crippen LogP contribution >= 0.6 is 0 Å². The number of piperazine rings is 1. The van der Waals surface area contributed by atoms with Crippen LogP contribution in [0.2, 0.25) is 0 Å². The van der Waals surface area contributed by atoms with Crippen molar-refractivity contribution in [3.63, 3.8) is 0 Å². The molecular formula is C20H30N4O3. The summed E-state index contributed by atoms with van der Waals surface area (Å²) in [7, 11) is 1.72. The Morgan fingerprint density at radius 1 is 1.11 bits per heavy atom. The highest BCUT2D eigenvalue weighted by atomic mass is 16.5. The Balaban J connectivity index is 1.54. The molecule has 3 rings (SSSR count). The van der Waals surface area contributed by atoms with Crippen molar-refractivity contribution in [2.24, 2.45) is 11.8 Å². The smallest absolute Gasteiger partial charge is 0.320 e. The number of hydrogen-bond acceptors (Lipinski definition) is 4. The van der Waals surface area contributed by atoms with Gasteiger partial charge in [0.2, 0.25) is 0 Å². The number of ether oxygens (including phenoxy) is 1. The van der Waals surface area contributed by atoms with Crippen LogP contribution in [-0.4, -0.2) is 78.6 Å². The van der Waals surface area contributed by atoms with Crippen molar-refractivity contribution >= 4 is 11.9 Å². The van der Waals surface area contributed by atoms with E-state index in [9.17, 15) is 14.9 Å². The average Bonchev–Trinajstić information content (AvgIpc) is 3.40. The van der Waals surface area contributed by atoms with Crippen molar-refractivity contribution in [1.82, 2.24) is 14.7 Å².